The van der Waals surface area contributed by atoms with E-state index in [0.717, 1.165) is 6.42 Å². The number of amides is 2. The monoisotopic (exact) mass is 241 g/mol. The smallest absolute Gasteiger partial charge is 0.317 e. The number of carbonyl (C=O) groups excluding carboxylic acids is 1. The Balaban J connectivity index is 2.02. The Kier molecular flexibility index (Phi) is 2.97. The quantitative estimate of drug-likeness (QED) is 0.577. The summed E-state index contributed by atoms with van der Waals surface area (Å²) in [6, 6.07) is -0.402. The van der Waals surface area contributed by atoms with E-state index in [1.54, 1.807) is 14.1 Å². The Morgan fingerprint density at radius 1 is 1.41 bits per heavy atom. The van der Waals surface area contributed by atoms with Gasteiger partial charge in [0.25, 0.3) is 0 Å². The number of rotatable bonds is 2. The Bertz CT molecular complexity index is 343. The van der Waals surface area contributed by atoms with Crippen molar-refractivity contribution >= 4 is 6.03 Å². The summed E-state index contributed by atoms with van der Waals surface area (Å²) in [5.41, 5.74) is 0. The molecule has 2 rings (SSSR count). The lowest BCUT2D eigenvalue weighted by atomic mass is 9.83. The molecule has 2 saturated carbocycles. The van der Waals surface area contributed by atoms with Crippen molar-refractivity contribution in [3.8, 4) is 0 Å². The van der Waals surface area contributed by atoms with Crippen LogP contribution in [0.15, 0.2) is 0 Å². The van der Waals surface area contributed by atoms with Crippen molar-refractivity contribution in [3.63, 3.8) is 0 Å². The van der Waals surface area contributed by atoms with E-state index in [1.807, 2.05) is 6.92 Å². The summed E-state index contributed by atoms with van der Waals surface area (Å²) < 4.78 is 0. The molecule has 0 radical (unpaired) electrons. The number of carbonyl (C=O) groups is 1. The number of hydrogen-bond donors (Lipinski definition) is 1. The SMILES string of the molecule is CC1C2CC(CC2[N+](=O)[O-])C1NC(=O)N(C)C. The van der Waals surface area contributed by atoms with E-state index >= 15 is 0 Å². The largest absolute Gasteiger partial charge is 0.335 e. The molecule has 6 nitrogen and oxygen atoms in total. The van der Waals surface area contributed by atoms with Crippen LogP contribution in [0.2, 0.25) is 0 Å². The highest BCUT2D eigenvalue weighted by Crippen LogP contribution is 2.49. The van der Waals surface area contributed by atoms with Crippen LogP contribution in [0.25, 0.3) is 0 Å². The minimum atomic E-state index is -0.400. The number of urea groups is 1. The summed E-state index contributed by atoms with van der Waals surface area (Å²) in [6.45, 7) is 2.01. The third-order valence-electron chi connectivity index (χ3n) is 4.33. The lowest BCUT2D eigenvalue weighted by Gasteiger charge is -2.31. The van der Waals surface area contributed by atoms with E-state index in [-0.39, 0.29) is 34.7 Å². The van der Waals surface area contributed by atoms with Crippen molar-refractivity contribution in [2.45, 2.75) is 31.8 Å². The van der Waals surface area contributed by atoms with Gasteiger partial charge >= 0.3 is 6.03 Å². The first-order valence-electron chi connectivity index (χ1n) is 6.03. The second-order valence-corrected chi connectivity index (χ2v) is 5.48. The number of nitrogens with one attached hydrogen (secondary N) is 1. The average Bonchev–Trinajstić information content (AvgIpc) is 2.78. The molecule has 5 unspecified atom stereocenters. The molecule has 6 heteroatoms. The third-order valence-corrected chi connectivity index (χ3v) is 4.33. The molecule has 96 valence electrons. The van der Waals surface area contributed by atoms with Crippen LogP contribution in [0.4, 0.5) is 4.79 Å². The summed E-state index contributed by atoms with van der Waals surface area (Å²) >= 11 is 0. The number of nitrogens with zero attached hydrogens (tertiary/aromatic N) is 2. The maximum absolute atomic E-state index is 11.6. The van der Waals surface area contributed by atoms with Gasteiger partial charge in [0.05, 0.1) is 0 Å². The molecule has 2 aliphatic rings. The van der Waals surface area contributed by atoms with Crippen LogP contribution >= 0.6 is 0 Å². The molecule has 17 heavy (non-hydrogen) atoms. The van der Waals surface area contributed by atoms with Crippen LogP contribution in [0.5, 0.6) is 0 Å². The van der Waals surface area contributed by atoms with Crippen LogP contribution in [0, 0.1) is 27.9 Å². The van der Waals surface area contributed by atoms with Gasteiger partial charge in [0.1, 0.15) is 0 Å². The lowest BCUT2D eigenvalue weighted by molar-refractivity contribution is -0.532. The lowest BCUT2D eigenvalue weighted by Crippen LogP contribution is -2.49. The van der Waals surface area contributed by atoms with Crippen molar-refractivity contribution < 1.29 is 9.72 Å². The molecule has 0 aromatic heterocycles. The highest BCUT2D eigenvalue weighted by atomic mass is 16.6. The molecule has 2 bridgehead atoms. The second kappa shape index (κ2) is 4.16. The molecule has 0 heterocycles. The van der Waals surface area contributed by atoms with E-state index in [2.05, 4.69) is 5.32 Å². The van der Waals surface area contributed by atoms with Crippen molar-refractivity contribution in [1.82, 2.24) is 10.2 Å². The molecule has 0 aliphatic heterocycles. The maximum atomic E-state index is 11.6. The van der Waals surface area contributed by atoms with Gasteiger partial charge in [-0.15, -0.1) is 0 Å². The molecular formula is C11H19N3O3. The Labute approximate surface area is 101 Å². The Morgan fingerprint density at radius 3 is 2.53 bits per heavy atom. The maximum Gasteiger partial charge on any atom is 0.317 e. The molecule has 5 atom stereocenters. The average molecular weight is 241 g/mol. The summed E-state index contributed by atoms with van der Waals surface area (Å²) in [6.07, 6.45) is 1.49. The summed E-state index contributed by atoms with van der Waals surface area (Å²) in [7, 11) is 3.40. The van der Waals surface area contributed by atoms with E-state index in [0.29, 0.717) is 6.42 Å². The van der Waals surface area contributed by atoms with E-state index in [4.69, 9.17) is 0 Å². The van der Waals surface area contributed by atoms with Crippen LogP contribution in [-0.4, -0.2) is 42.0 Å². The zero-order valence-corrected chi connectivity index (χ0v) is 10.4. The van der Waals surface area contributed by atoms with Crippen molar-refractivity contribution in [1.29, 1.82) is 0 Å². The molecule has 0 aromatic rings. The molecular weight excluding hydrogens is 222 g/mol. The van der Waals surface area contributed by atoms with Crippen molar-refractivity contribution in [2.24, 2.45) is 17.8 Å². The zero-order valence-electron chi connectivity index (χ0n) is 10.4. The van der Waals surface area contributed by atoms with Gasteiger partial charge < -0.3 is 10.2 Å². The predicted octanol–water partition coefficient (Wildman–Crippen LogP) is 0.947. The molecule has 1 N–H and O–H groups in total. The first-order chi connectivity index (χ1) is 7.91. The number of fused-ring (bicyclic) bond motifs is 2. The molecule has 0 aromatic carbocycles. The van der Waals surface area contributed by atoms with Crippen LogP contribution in [0.3, 0.4) is 0 Å². The van der Waals surface area contributed by atoms with Crippen LogP contribution in [0.1, 0.15) is 19.8 Å². The number of hydrogen-bond acceptors (Lipinski definition) is 3. The van der Waals surface area contributed by atoms with Gasteiger partial charge in [-0.2, -0.15) is 0 Å². The molecule has 2 aliphatic carbocycles. The molecule has 0 saturated heterocycles. The fourth-order valence-corrected chi connectivity index (χ4v) is 3.41. The Hall–Kier alpha value is -1.33. The first-order valence-corrected chi connectivity index (χ1v) is 6.03. The van der Waals surface area contributed by atoms with Gasteiger partial charge in [-0.3, -0.25) is 10.1 Å². The van der Waals surface area contributed by atoms with Gasteiger partial charge in [0.15, 0.2) is 0 Å². The minimum Gasteiger partial charge on any atom is -0.335 e. The topological polar surface area (TPSA) is 75.5 Å². The van der Waals surface area contributed by atoms with Gasteiger partial charge in [0.2, 0.25) is 6.04 Å². The second-order valence-electron chi connectivity index (χ2n) is 5.48. The molecule has 2 fully saturated rings. The summed E-state index contributed by atoms with van der Waals surface area (Å²) in [4.78, 5) is 23.9. The number of nitro groups is 1. The normalized spacial score (nSPS) is 39.1. The van der Waals surface area contributed by atoms with Crippen molar-refractivity contribution in [2.75, 3.05) is 14.1 Å². The highest BCUT2D eigenvalue weighted by Gasteiger charge is 2.56. The van der Waals surface area contributed by atoms with Crippen LogP contribution < -0.4 is 5.32 Å². The van der Waals surface area contributed by atoms with Gasteiger partial charge in [-0.05, 0) is 18.3 Å². The van der Waals surface area contributed by atoms with Crippen molar-refractivity contribution in [3.05, 3.63) is 10.1 Å². The van der Waals surface area contributed by atoms with Crippen LogP contribution in [-0.2, 0) is 0 Å². The van der Waals surface area contributed by atoms with Gasteiger partial charge in [0, 0.05) is 37.4 Å². The van der Waals surface area contributed by atoms with E-state index < -0.39 is 6.04 Å². The zero-order chi connectivity index (χ0) is 12.7. The fraction of sp³-hybridized carbons (Fsp3) is 0.909. The molecule has 2 amide bonds. The minimum absolute atomic E-state index is 0.103. The third kappa shape index (κ3) is 1.96. The molecule has 0 spiro atoms. The highest BCUT2D eigenvalue weighted by molar-refractivity contribution is 5.74. The summed E-state index contributed by atoms with van der Waals surface area (Å²) in [5.74, 6) is 0.602. The van der Waals surface area contributed by atoms with E-state index in [9.17, 15) is 14.9 Å². The first kappa shape index (κ1) is 12.1. The van der Waals surface area contributed by atoms with Gasteiger partial charge in [-0.25, -0.2) is 4.79 Å². The van der Waals surface area contributed by atoms with Gasteiger partial charge in [-0.1, -0.05) is 6.92 Å². The predicted molar refractivity (Wildman–Crippen MR) is 62.2 cm³/mol. The fourth-order valence-electron chi connectivity index (χ4n) is 3.41. The van der Waals surface area contributed by atoms with E-state index in [1.165, 1.54) is 4.90 Å². The standard InChI is InChI=1S/C11H19N3O3/c1-6-8-4-7(5-9(8)14(16)17)10(6)12-11(15)13(2)3/h6-10H,4-5H2,1-3H3,(H,12,15). The summed E-state index contributed by atoms with van der Waals surface area (Å²) in [5, 5.41) is 13.9. The Morgan fingerprint density at radius 2 is 2.06 bits per heavy atom.